The zero-order valence-electron chi connectivity index (χ0n) is 16.6. The molecule has 3 N–H and O–H groups in total. The number of aliphatic imine (C=N–C) groups is 1. The van der Waals surface area contributed by atoms with E-state index in [1.165, 1.54) is 31.7 Å². The molecule has 1 saturated heterocycles. The van der Waals surface area contributed by atoms with E-state index in [1.807, 2.05) is 0 Å². The number of nitrogens with one attached hydrogen (secondary N) is 1. The number of amidine groups is 2. The number of aromatic nitrogens is 2. The van der Waals surface area contributed by atoms with Crippen LogP contribution < -0.4 is 5.73 Å². The lowest BCUT2D eigenvalue weighted by molar-refractivity contribution is 0.0684. The Kier molecular flexibility index (Phi) is 7.07. The van der Waals surface area contributed by atoms with Gasteiger partial charge in [0.1, 0.15) is 5.84 Å². The van der Waals surface area contributed by atoms with Gasteiger partial charge in [-0.15, -0.1) is 12.6 Å². The maximum atomic E-state index is 8.39. The van der Waals surface area contributed by atoms with Gasteiger partial charge in [-0.2, -0.15) is 0 Å². The molecule has 28 heavy (non-hydrogen) atoms. The van der Waals surface area contributed by atoms with E-state index in [-0.39, 0.29) is 11.8 Å². The first-order valence-corrected chi connectivity index (χ1v) is 10.4. The van der Waals surface area contributed by atoms with E-state index < -0.39 is 0 Å². The normalized spacial score (nSPS) is 26.5. The van der Waals surface area contributed by atoms with Gasteiger partial charge in [-0.05, 0) is 30.6 Å². The van der Waals surface area contributed by atoms with E-state index in [0.717, 1.165) is 35.7 Å². The van der Waals surface area contributed by atoms with Crippen LogP contribution in [0.2, 0.25) is 0 Å². The number of anilines is 1. The second kappa shape index (κ2) is 9.52. The third kappa shape index (κ3) is 5.11. The van der Waals surface area contributed by atoms with Crippen LogP contribution in [0.15, 0.2) is 28.4 Å². The van der Waals surface area contributed by atoms with E-state index in [0.29, 0.717) is 24.7 Å². The molecule has 0 radical (unpaired) electrons. The highest BCUT2D eigenvalue weighted by Crippen LogP contribution is 2.39. The van der Waals surface area contributed by atoms with Crippen molar-refractivity contribution in [1.29, 1.82) is 5.41 Å². The Hall–Kier alpha value is -1.93. The molecule has 2 fully saturated rings. The smallest absolute Gasteiger partial charge is 0.219 e. The van der Waals surface area contributed by atoms with Gasteiger partial charge in [0.25, 0.3) is 0 Å². The number of hydrogen-bond acceptors (Lipinski definition) is 6. The third-order valence-corrected chi connectivity index (χ3v) is 6.05. The van der Waals surface area contributed by atoms with Crippen molar-refractivity contribution in [3.05, 3.63) is 28.9 Å². The topological polar surface area (TPSA) is 100 Å². The first-order valence-electron chi connectivity index (χ1n) is 9.96. The van der Waals surface area contributed by atoms with E-state index in [2.05, 4.69) is 39.8 Å². The summed E-state index contributed by atoms with van der Waals surface area (Å²) in [7, 11) is 0. The van der Waals surface area contributed by atoms with Crippen LogP contribution in [0.25, 0.3) is 0 Å². The molecule has 3 unspecified atom stereocenters. The highest BCUT2D eigenvalue weighted by Gasteiger charge is 2.29. The number of morpholine rings is 1. The summed E-state index contributed by atoms with van der Waals surface area (Å²) >= 11 is 4.80. The van der Waals surface area contributed by atoms with E-state index >= 15 is 0 Å². The second-order valence-corrected chi connectivity index (χ2v) is 8.12. The fourth-order valence-electron chi connectivity index (χ4n) is 4.09. The molecule has 1 aliphatic heterocycles. The second-order valence-electron chi connectivity index (χ2n) is 7.64. The van der Waals surface area contributed by atoms with Gasteiger partial charge in [-0.3, -0.25) is 5.41 Å². The number of allylic oxidation sites excluding steroid dienone is 1. The van der Waals surface area contributed by atoms with Crippen molar-refractivity contribution in [2.24, 2.45) is 22.7 Å². The molecule has 0 aromatic carbocycles. The summed E-state index contributed by atoms with van der Waals surface area (Å²) in [4.78, 5) is 15.5. The van der Waals surface area contributed by atoms with Crippen LogP contribution in [0.3, 0.4) is 0 Å². The molecule has 2 heterocycles. The highest BCUT2D eigenvalue weighted by molar-refractivity contribution is 7.85. The van der Waals surface area contributed by atoms with Gasteiger partial charge in [-0.25, -0.2) is 15.0 Å². The molecule has 2 aliphatic rings. The minimum atomic E-state index is 0.104. The maximum absolute atomic E-state index is 8.39. The van der Waals surface area contributed by atoms with Crippen molar-refractivity contribution in [3.63, 3.8) is 0 Å². The molecule has 152 valence electrons. The number of nitrogens with zero attached hydrogens (tertiary/aromatic N) is 4. The summed E-state index contributed by atoms with van der Waals surface area (Å²) in [5.41, 5.74) is 6.08. The Balaban J connectivity index is 1.85. The molecule has 1 aromatic rings. The van der Waals surface area contributed by atoms with Crippen molar-refractivity contribution in [3.8, 4) is 0 Å². The van der Waals surface area contributed by atoms with E-state index in [9.17, 15) is 0 Å². The van der Waals surface area contributed by atoms with E-state index in [1.54, 1.807) is 0 Å². The summed E-state index contributed by atoms with van der Waals surface area (Å²) in [5.74, 6) is 3.03. The van der Waals surface area contributed by atoms with Gasteiger partial charge in [0.15, 0.2) is 5.84 Å². The Morgan fingerprint density at radius 1 is 1.36 bits per heavy atom. The molecule has 0 amide bonds. The van der Waals surface area contributed by atoms with Crippen molar-refractivity contribution < 1.29 is 4.74 Å². The largest absolute Gasteiger partial charge is 0.378 e. The van der Waals surface area contributed by atoms with Gasteiger partial charge >= 0.3 is 0 Å². The summed E-state index contributed by atoms with van der Waals surface area (Å²) in [5, 5.41) is 8.39. The lowest BCUT2D eigenvalue weighted by Crippen LogP contribution is -2.41. The van der Waals surface area contributed by atoms with E-state index in [4.69, 9.17) is 28.5 Å². The van der Waals surface area contributed by atoms with Gasteiger partial charge in [0, 0.05) is 30.4 Å². The number of thiol groups is 1. The summed E-state index contributed by atoms with van der Waals surface area (Å²) < 4.78 is 5.48. The summed E-state index contributed by atoms with van der Waals surface area (Å²) in [6.45, 7) is 7.38. The molecule has 7 nitrogen and oxygen atoms in total. The quantitative estimate of drug-likeness (QED) is 0.408. The van der Waals surface area contributed by atoms with Gasteiger partial charge < -0.3 is 15.4 Å². The fourth-order valence-corrected chi connectivity index (χ4v) is 4.49. The minimum Gasteiger partial charge on any atom is -0.378 e. The van der Waals surface area contributed by atoms with Crippen LogP contribution in [0.5, 0.6) is 0 Å². The Morgan fingerprint density at radius 3 is 2.64 bits per heavy atom. The lowest BCUT2D eigenvalue weighted by atomic mass is 9.96. The van der Waals surface area contributed by atoms with Gasteiger partial charge in [0.05, 0.1) is 18.8 Å². The van der Waals surface area contributed by atoms with Crippen LogP contribution in [-0.4, -0.2) is 52.8 Å². The first kappa shape index (κ1) is 20.8. The molecular formula is C20H30N6OS. The van der Waals surface area contributed by atoms with Gasteiger partial charge in [0.2, 0.25) is 5.95 Å². The predicted molar refractivity (Wildman–Crippen MR) is 116 cm³/mol. The minimum absolute atomic E-state index is 0.104. The molecule has 3 rings (SSSR count). The predicted octanol–water partition coefficient (Wildman–Crippen LogP) is 3.00. The number of hydrogen-bond donors (Lipinski definition) is 3. The zero-order valence-corrected chi connectivity index (χ0v) is 17.5. The van der Waals surface area contributed by atoms with Crippen LogP contribution in [-0.2, 0) is 4.74 Å². The van der Waals surface area contributed by atoms with Crippen LogP contribution >= 0.6 is 12.6 Å². The molecule has 3 atom stereocenters. The summed E-state index contributed by atoms with van der Waals surface area (Å²) in [6.07, 6.45) is 8.88. The standard InChI is InChI=1S/C20H30N6OS/c1-3-15-9-14(8-13(15)2)10-17(28)19(26-4-6-27-7-5-26)25-18(21)16-11-23-20(22)24-12-16/h10-15,21,28H,3-9H2,1-2H3,(H2,22,23,24)/b17-10-,21-18?,25-19?. The molecule has 0 bridgehead atoms. The molecule has 1 saturated carbocycles. The van der Waals surface area contributed by atoms with Gasteiger partial charge in [-0.1, -0.05) is 26.3 Å². The number of ether oxygens (including phenoxy) is 1. The number of rotatable bonds is 4. The number of nitrogens with two attached hydrogens (primary N) is 1. The SMILES string of the molecule is CCC1CC(/C=C(\S)C(=NC(=N)c2cnc(N)nc2)N2CCOCC2)CC1C. The maximum Gasteiger partial charge on any atom is 0.219 e. The highest BCUT2D eigenvalue weighted by atomic mass is 32.1. The van der Waals surface area contributed by atoms with Crippen LogP contribution in [0.4, 0.5) is 5.95 Å². The van der Waals surface area contributed by atoms with Crippen molar-refractivity contribution in [2.45, 2.75) is 33.1 Å². The van der Waals surface area contributed by atoms with Crippen LogP contribution in [0, 0.1) is 23.2 Å². The molecule has 8 heteroatoms. The zero-order chi connectivity index (χ0) is 20.1. The molecule has 0 spiro atoms. The number of nitrogen functional groups attached to an aromatic ring is 1. The average Bonchev–Trinajstić information content (AvgIpc) is 3.06. The Morgan fingerprint density at radius 2 is 2.04 bits per heavy atom. The molecular weight excluding hydrogens is 372 g/mol. The average molecular weight is 403 g/mol. The Labute approximate surface area is 172 Å². The fraction of sp³-hybridized carbons (Fsp3) is 0.600. The third-order valence-electron chi connectivity index (χ3n) is 5.71. The summed E-state index contributed by atoms with van der Waals surface area (Å²) in [6, 6.07) is 0. The van der Waals surface area contributed by atoms with Crippen molar-refractivity contribution in [1.82, 2.24) is 14.9 Å². The molecule has 1 aromatic heterocycles. The lowest BCUT2D eigenvalue weighted by Gasteiger charge is -2.30. The monoisotopic (exact) mass is 402 g/mol. The molecule has 1 aliphatic carbocycles. The van der Waals surface area contributed by atoms with Crippen molar-refractivity contribution >= 4 is 30.2 Å². The first-order chi connectivity index (χ1) is 13.5. The van der Waals surface area contributed by atoms with Crippen molar-refractivity contribution in [2.75, 3.05) is 32.0 Å². The Bertz CT molecular complexity index is 742. The van der Waals surface area contributed by atoms with Crippen LogP contribution in [0.1, 0.15) is 38.7 Å².